The van der Waals surface area contributed by atoms with Gasteiger partial charge in [0, 0.05) is 33.8 Å². The van der Waals surface area contributed by atoms with Gasteiger partial charge in [-0.1, -0.05) is 35.9 Å². The van der Waals surface area contributed by atoms with Crippen molar-refractivity contribution in [2.45, 2.75) is 12.5 Å². The molecule has 2 aromatic rings. The second-order valence-corrected chi connectivity index (χ2v) is 4.47. The van der Waals surface area contributed by atoms with Crippen LogP contribution in [0.3, 0.4) is 0 Å². The van der Waals surface area contributed by atoms with Crippen LogP contribution in [0.25, 0.3) is 10.8 Å². The molecule has 1 unspecified atom stereocenters. The van der Waals surface area contributed by atoms with Crippen molar-refractivity contribution in [3.63, 3.8) is 0 Å². The van der Waals surface area contributed by atoms with E-state index in [0.717, 1.165) is 33.5 Å². The first-order chi connectivity index (χ1) is 7.77. The summed E-state index contributed by atoms with van der Waals surface area (Å²) in [7, 11) is 0. The largest absolute Gasteiger partial charge is 0.493 e. The van der Waals surface area contributed by atoms with Gasteiger partial charge < -0.3 is 10.5 Å². The number of rotatable bonds is 0. The molecule has 1 aliphatic rings. The third kappa shape index (κ3) is 1.38. The van der Waals surface area contributed by atoms with Gasteiger partial charge in [-0.15, -0.1) is 0 Å². The summed E-state index contributed by atoms with van der Waals surface area (Å²) in [5, 5.41) is 2.83. The summed E-state index contributed by atoms with van der Waals surface area (Å²) < 4.78 is 5.72. The predicted octanol–water partition coefficient (Wildman–Crippen LogP) is 3.28. The summed E-state index contributed by atoms with van der Waals surface area (Å²) in [5.41, 5.74) is 7.09. The number of nitrogens with two attached hydrogens (primary N) is 1. The molecule has 0 saturated carbocycles. The van der Waals surface area contributed by atoms with Crippen molar-refractivity contribution in [2.75, 3.05) is 6.61 Å². The molecule has 3 rings (SSSR count). The van der Waals surface area contributed by atoms with Crippen LogP contribution in [-0.2, 0) is 0 Å². The molecule has 2 aromatic carbocycles. The zero-order chi connectivity index (χ0) is 11.1. The van der Waals surface area contributed by atoms with Crippen molar-refractivity contribution in [3.8, 4) is 5.75 Å². The van der Waals surface area contributed by atoms with Crippen LogP contribution in [0.15, 0.2) is 30.3 Å². The second-order valence-electron chi connectivity index (χ2n) is 4.07. The minimum absolute atomic E-state index is 0.0332. The van der Waals surface area contributed by atoms with E-state index in [9.17, 15) is 0 Å². The molecular formula is C13H12ClNO. The summed E-state index contributed by atoms with van der Waals surface area (Å²) in [6, 6.07) is 9.96. The monoisotopic (exact) mass is 233 g/mol. The average Bonchev–Trinajstić information content (AvgIpc) is 2.31. The standard InChI is InChI=1S/C13H12ClNO/c14-11-7-10-12(15)5-6-16-13(10)9-4-2-1-3-8(9)11/h1-4,7,12H,5-6,15H2. The van der Waals surface area contributed by atoms with Crippen molar-refractivity contribution in [1.29, 1.82) is 0 Å². The maximum atomic E-state index is 6.25. The lowest BCUT2D eigenvalue weighted by Crippen LogP contribution is -2.20. The van der Waals surface area contributed by atoms with E-state index in [-0.39, 0.29) is 6.04 Å². The molecule has 0 aromatic heterocycles. The quantitative estimate of drug-likeness (QED) is 0.758. The van der Waals surface area contributed by atoms with Gasteiger partial charge in [-0.2, -0.15) is 0 Å². The normalized spacial score (nSPS) is 19.2. The van der Waals surface area contributed by atoms with Crippen LogP contribution in [0.2, 0.25) is 5.02 Å². The lowest BCUT2D eigenvalue weighted by atomic mass is 9.97. The molecule has 2 nitrogen and oxygen atoms in total. The fraction of sp³-hybridized carbons (Fsp3) is 0.231. The van der Waals surface area contributed by atoms with Crippen molar-refractivity contribution >= 4 is 22.4 Å². The molecule has 0 radical (unpaired) electrons. The van der Waals surface area contributed by atoms with Crippen LogP contribution in [-0.4, -0.2) is 6.61 Å². The van der Waals surface area contributed by atoms with Gasteiger partial charge >= 0.3 is 0 Å². The van der Waals surface area contributed by atoms with Gasteiger partial charge in [-0.25, -0.2) is 0 Å². The Bertz CT molecular complexity index is 553. The van der Waals surface area contributed by atoms with Gasteiger partial charge in [0.15, 0.2) is 0 Å². The highest BCUT2D eigenvalue weighted by molar-refractivity contribution is 6.36. The lowest BCUT2D eigenvalue weighted by molar-refractivity contribution is 0.272. The fourth-order valence-electron chi connectivity index (χ4n) is 2.20. The summed E-state index contributed by atoms with van der Waals surface area (Å²) in [4.78, 5) is 0. The maximum absolute atomic E-state index is 6.25. The van der Waals surface area contributed by atoms with E-state index in [4.69, 9.17) is 22.1 Å². The summed E-state index contributed by atoms with van der Waals surface area (Å²) in [6.45, 7) is 0.680. The van der Waals surface area contributed by atoms with Crippen molar-refractivity contribution < 1.29 is 4.74 Å². The van der Waals surface area contributed by atoms with Gasteiger partial charge in [0.2, 0.25) is 0 Å². The molecule has 1 aliphatic heterocycles. The Balaban J connectivity index is 2.38. The first-order valence-electron chi connectivity index (χ1n) is 5.37. The van der Waals surface area contributed by atoms with Crippen molar-refractivity contribution in [2.24, 2.45) is 5.73 Å². The van der Waals surface area contributed by atoms with E-state index < -0.39 is 0 Å². The first-order valence-corrected chi connectivity index (χ1v) is 5.74. The topological polar surface area (TPSA) is 35.2 Å². The molecule has 82 valence electrons. The van der Waals surface area contributed by atoms with Crippen molar-refractivity contribution in [1.82, 2.24) is 0 Å². The molecule has 0 bridgehead atoms. The number of halogens is 1. The van der Waals surface area contributed by atoms with Crippen LogP contribution in [0.4, 0.5) is 0 Å². The van der Waals surface area contributed by atoms with Crippen molar-refractivity contribution in [3.05, 3.63) is 40.9 Å². The molecule has 3 heteroatoms. The summed E-state index contributed by atoms with van der Waals surface area (Å²) in [6.07, 6.45) is 0.849. The van der Waals surface area contributed by atoms with E-state index >= 15 is 0 Å². The third-order valence-electron chi connectivity index (χ3n) is 3.05. The minimum Gasteiger partial charge on any atom is -0.493 e. The summed E-state index contributed by atoms with van der Waals surface area (Å²) >= 11 is 6.25. The van der Waals surface area contributed by atoms with E-state index in [2.05, 4.69) is 0 Å². The van der Waals surface area contributed by atoms with Crippen LogP contribution in [0, 0.1) is 0 Å². The van der Waals surface area contributed by atoms with Crippen LogP contribution >= 0.6 is 11.6 Å². The number of ether oxygens (including phenoxy) is 1. The third-order valence-corrected chi connectivity index (χ3v) is 3.36. The average molecular weight is 234 g/mol. The van der Waals surface area contributed by atoms with Crippen LogP contribution in [0.5, 0.6) is 5.75 Å². The maximum Gasteiger partial charge on any atom is 0.131 e. The zero-order valence-electron chi connectivity index (χ0n) is 8.74. The molecule has 1 atom stereocenters. The molecule has 0 aliphatic carbocycles. The fourth-order valence-corrected chi connectivity index (χ4v) is 2.49. The molecule has 0 spiro atoms. The van der Waals surface area contributed by atoms with E-state index in [1.807, 2.05) is 30.3 Å². The Morgan fingerprint density at radius 1 is 1.25 bits per heavy atom. The van der Waals surface area contributed by atoms with Gasteiger partial charge in [0.25, 0.3) is 0 Å². The Kier molecular flexibility index (Phi) is 2.27. The molecule has 0 amide bonds. The number of benzene rings is 2. The smallest absolute Gasteiger partial charge is 0.131 e. The highest BCUT2D eigenvalue weighted by atomic mass is 35.5. The SMILES string of the molecule is NC1CCOc2c1cc(Cl)c1ccccc21. The first kappa shape index (κ1) is 9.94. The highest BCUT2D eigenvalue weighted by Gasteiger charge is 2.21. The molecule has 2 N–H and O–H groups in total. The lowest BCUT2D eigenvalue weighted by Gasteiger charge is -2.24. The molecule has 0 fully saturated rings. The van der Waals surface area contributed by atoms with Crippen LogP contribution < -0.4 is 10.5 Å². The Morgan fingerprint density at radius 3 is 2.81 bits per heavy atom. The Labute approximate surface area is 99.0 Å². The highest BCUT2D eigenvalue weighted by Crippen LogP contribution is 2.40. The van der Waals surface area contributed by atoms with Gasteiger partial charge in [0.05, 0.1) is 6.61 Å². The predicted molar refractivity (Wildman–Crippen MR) is 66.0 cm³/mol. The van der Waals surface area contributed by atoms with Crippen LogP contribution in [0.1, 0.15) is 18.0 Å². The van der Waals surface area contributed by atoms with E-state index in [1.165, 1.54) is 0 Å². The Morgan fingerprint density at radius 2 is 2.00 bits per heavy atom. The number of hydrogen-bond acceptors (Lipinski definition) is 2. The number of fused-ring (bicyclic) bond motifs is 3. The zero-order valence-corrected chi connectivity index (χ0v) is 9.50. The summed E-state index contributed by atoms with van der Waals surface area (Å²) in [5.74, 6) is 0.902. The molecule has 16 heavy (non-hydrogen) atoms. The Hall–Kier alpha value is -1.25. The second kappa shape index (κ2) is 3.65. The van der Waals surface area contributed by atoms with E-state index in [0.29, 0.717) is 6.61 Å². The molecule has 1 heterocycles. The number of hydrogen-bond donors (Lipinski definition) is 1. The van der Waals surface area contributed by atoms with Gasteiger partial charge in [-0.3, -0.25) is 0 Å². The van der Waals surface area contributed by atoms with Gasteiger partial charge in [0.1, 0.15) is 5.75 Å². The van der Waals surface area contributed by atoms with E-state index in [1.54, 1.807) is 0 Å². The molecular weight excluding hydrogens is 222 g/mol. The minimum atomic E-state index is 0.0332. The molecule has 0 saturated heterocycles. The van der Waals surface area contributed by atoms with Gasteiger partial charge in [-0.05, 0) is 6.07 Å².